The Bertz CT molecular complexity index is 1360. The summed E-state index contributed by atoms with van der Waals surface area (Å²) in [6.07, 6.45) is 1.12. The zero-order valence-electron chi connectivity index (χ0n) is 19.4. The maximum atomic E-state index is 13.9. The van der Waals surface area contributed by atoms with E-state index >= 15 is 0 Å². The first-order valence-corrected chi connectivity index (χ1v) is 12.7. The number of benzene rings is 2. The average Bonchev–Trinajstić information content (AvgIpc) is 3.27. The maximum Gasteiger partial charge on any atom is 0.287 e. The monoisotopic (exact) mass is 499 g/mol. The minimum Gasteiger partial charge on any atom is -0.456 e. The lowest BCUT2D eigenvalue weighted by molar-refractivity contribution is 0.0694. The first-order chi connectivity index (χ1) is 16.6. The molecule has 0 radical (unpaired) electrons. The van der Waals surface area contributed by atoms with E-state index in [-0.39, 0.29) is 39.8 Å². The van der Waals surface area contributed by atoms with E-state index in [1.54, 1.807) is 36.9 Å². The number of amides is 2. The van der Waals surface area contributed by atoms with Gasteiger partial charge in [-0.2, -0.15) is 0 Å². The number of nitrogens with one attached hydrogen (secondary N) is 2. The summed E-state index contributed by atoms with van der Waals surface area (Å²) in [7, 11) is -4.10. The summed E-state index contributed by atoms with van der Waals surface area (Å²) in [5.74, 6) is -0.384. The molecule has 1 aliphatic rings. The molecule has 2 heterocycles. The predicted molar refractivity (Wildman–Crippen MR) is 128 cm³/mol. The molecular formula is C25H26FN3O5S. The number of rotatable bonds is 6. The molecule has 0 atom stereocenters. The molecule has 1 fully saturated rings. The number of carbonyl (C=O) groups is 2. The highest BCUT2D eigenvalue weighted by Gasteiger charge is 2.27. The summed E-state index contributed by atoms with van der Waals surface area (Å²) in [5, 5.41) is 2.93. The lowest BCUT2D eigenvalue weighted by Crippen LogP contribution is -2.46. The van der Waals surface area contributed by atoms with Gasteiger partial charge in [0.15, 0.2) is 5.76 Å². The number of aryl methyl sites for hydroxylation is 2. The Balaban J connectivity index is 1.43. The fourth-order valence-electron chi connectivity index (χ4n) is 3.96. The Hall–Kier alpha value is -3.66. The molecule has 10 heteroatoms. The summed E-state index contributed by atoms with van der Waals surface area (Å²) in [4.78, 5) is 27.0. The average molecular weight is 500 g/mol. The molecule has 0 bridgehead atoms. The van der Waals surface area contributed by atoms with Crippen molar-refractivity contribution < 1.29 is 26.8 Å². The van der Waals surface area contributed by atoms with Crippen LogP contribution in [0.25, 0.3) is 0 Å². The van der Waals surface area contributed by atoms with Crippen LogP contribution >= 0.6 is 0 Å². The summed E-state index contributed by atoms with van der Waals surface area (Å²) >= 11 is 0. The Kier molecular flexibility index (Phi) is 6.93. The van der Waals surface area contributed by atoms with Crippen molar-refractivity contribution >= 4 is 27.5 Å². The lowest BCUT2D eigenvalue weighted by Gasteiger charge is -2.32. The number of hydrogen-bond donors (Lipinski definition) is 2. The molecule has 2 N–H and O–H groups in total. The van der Waals surface area contributed by atoms with Crippen LogP contribution in [-0.2, 0) is 10.0 Å². The molecule has 2 amide bonds. The Labute approximate surface area is 203 Å². The predicted octanol–water partition coefficient (Wildman–Crippen LogP) is 3.87. The quantitative estimate of drug-likeness (QED) is 0.535. The molecular weight excluding hydrogens is 473 g/mol. The Morgan fingerprint density at radius 1 is 1.03 bits per heavy atom. The maximum absolute atomic E-state index is 13.9. The first kappa shape index (κ1) is 24.5. The number of anilines is 1. The van der Waals surface area contributed by atoms with Crippen LogP contribution < -0.4 is 10.0 Å². The SMILES string of the molecule is Cc1ccc(C(=O)NC2CCN(C(=O)c3cc(S(=O)(=O)Nc4ccccc4F)ccc3C)CC2)o1. The molecule has 0 saturated carbocycles. The third kappa shape index (κ3) is 5.54. The van der Waals surface area contributed by atoms with Crippen LogP contribution in [0.2, 0.25) is 0 Å². The van der Waals surface area contributed by atoms with Crippen molar-refractivity contribution in [2.45, 2.75) is 37.6 Å². The summed E-state index contributed by atoms with van der Waals surface area (Å²) in [5.41, 5.74) is 0.716. The van der Waals surface area contributed by atoms with Gasteiger partial charge < -0.3 is 14.6 Å². The highest BCUT2D eigenvalue weighted by Crippen LogP contribution is 2.23. The molecule has 1 aromatic heterocycles. The Morgan fingerprint density at radius 3 is 2.40 bits per heavy atom. The molecule has 1 aliphatic heterocycles. The molecule has 4 rings (SSSR count). The van der Waals surface area contributed by atoms with E-state index in [2.05, 4.69) is 10.0 Å². The molecule has 8 nitrogen and oxygen atoms in total. The highest BCUT2D eigenvalue weighted by atomic mass is 32.2. The van der Waals surface area contributed by atoms with Crippen LogP contribution in [-0.4, -0.2) is 44.3 Å². The van der Waals surface area contributed by atoms with E-state index in [1.165, 1.54) is 30.3 Å². The van der Waals surface area contributed by atoms with Crippen molar-refractivity contribution in [1.82, 2.24) is 10.2 Å². The van der Waals surface area contributed by atoms with Crippen molar-refractivity contribution in [3.05, 3.63) is 83.1 Å². The van der Waals surface area contributed by atoms with E-state index in [0.717, 1.165) is 6.07 Å². The van der Waals surface area contributed by atoms with Gasteiger partial charge in [0.25, 0.3) is 21.8 Å². The van der Waals surface area contributed by atoms with E-state index < -0.39 is 15.8 Å². The number of hydrogen-bond acceptors (Lipinski definition) is 5. The first-order valence-electron chi connectivity index (χ1n) is 11.2. The van der Waals surface area contributed by atoms with Crippen molar-refractivity contribution in [3.8, 4) is 0 Å². The van der Waals surface area contributed by atoms with Gasteiger partial charge in [-0.3, -0.25) is 14.3 Å². The second kappa shape index (κ2) is 9.91. The van der Waals surface area contributed by atoms with Gasteiger partial charge in [-0.1, -0.05) is 18.2 Å². The zero-order chi connectivity index (χ0) is 25.2. The minimum atomic E-state index is -4.10. The number of sulfonamides is 1. The van der Waals surface area contributed by atoms with Crippen LogP contribution in [0.5, 0.6) is 0 Å². The third-order valence-corrected chi connectivity index (χ3v) is 7.31. The van der Waals surface area contributed by atoms with Crippen molar-refractivity contribution in [2.75, 3.05) is 17.8 Å². The number of furan rings is 1. The summed E-state index contributed by atoms with van der Waals surface area (Å²) in [6.45, 7) is 4.31. The van der Waals surface area contributed by atoms with Crippen molar-refractivity contribution in [2.24, 2.45) is 0 Å². The summed E-state index contributed by atoms with van der Waals surface area (Å²) < 4.78 is 47.2. The standard InChI is InChI=1S/C25H26FN3O5S/c1-16-7-9-19(35(32,33)28-22-6-4-3-5-21(22)26)15-20(16)25(31)29-13-11-18(12-14-29)27-24(30)23-10-8-17(2)34-23/h3-10,15,18,28H,11-14H2,1-2H3,(H,27,30). The minimum absolute atomic E-state index is 0.102. The van der Waals surface area contributed by atoms with Gasteiger partial charge in [-0.15, -0.1) is 0 Å². The molecule has 0 aliphatic carbocycles. The largest absolute Gasteiger partial charge is 0.456 e. The van der Waals surface area contributed by atoms with Crippen LogP contribution in [0.3, 0.4) is 0 Å². The number of para-hydroxylation sites is 1. The van der Waals surface area contributed by atoms with Crippen LogP contribution in [0.4, 0.5) is 10.1 Å². The van der Waals surface area contributed by atoms with Gasteiger partial charge in [0.2, 0.25) is 0 Å². The van der Waals surface area contributed by atoms with Gasteiger partial charge in [0, 0.05) is 24.7 Å². The zero-order valence-corrected chi connectivity index (χ0v) is 20.2. The topological polar surface area (TPSA) is 109 Å². The van der Waals surface area contributed by atoms with Gasteiger partial charge in [0.05, 0.1) is 10.6 Å². The molecule has 3 aromatic rings. The van der Waals surface area contributed by atoms with Gasteiger partial charge in [-0.25, -0.2) is 12.8 Å². The highest BCUT2D eigenvalue weighted by molar-refractivity contribution is 7.92. The smallest absolute Gasteiger partial charge is 0.287 e. The number of nitrogens with zero attached hydrogens (tertiary/aromatic N) is 1. The van der Waals surface area contributed by atoms with E-state index in [0.29, 0.717) is 37.3 Å². The molecule has 2 aromatic carbocycles. The Morgan fingerprint density at radius 2 is 1.74 bits per heavy atom. The van der Waals surface area contributed by atoms with Crippen LogP contribution in [0.15, 0.2) is 63.9 Å². The van der Waals surface area contributed by atoms with E-state index in [9.17, 15) is 22.4 Å². The van der Waals surface area contributed by atoms with Gasteiger partial charge in [0.1, 0.15) is 11.6 Å². The summed E-state index contributed by atoms with van der Waals surface area (Å²) in [6, 6.07) is 13.0. The molecule has 184 valence electrons. The lowest BCUT2D eigenvalue weighted by atomic mass is 10.0. The van der Waals surface area contributed by atoms with Gasteiger partial charge >= 0.3 is 0 Å². The molecule has 0 unspecified atom stereocenters. The fourth-order valence-corrected chi connectivity index (χ4v) is 5.05. The molecule has 35 heavy (non-hydrogen) atoms. The number of piperidine rings is 1. The van der Waals surface area contributed by atoms with Crippen LogP contribution in [0, 0.1) is 19.7 Å². The molecule has 1 saturated heterocycles. The van der Waals surface area contributed by atoms with Gasteiger partial charge in [-0.05, 0) is 68.7 Å². The number of halogens is 1. The van der Waals surface area contributed by atoms with Crippen molar-refractivity contribution in [1.29, 1.82) is 0 Å². The third-order valence-electron chi connectivity index (χ3n) is 5.95. The van der Waals surface area contributed by atoms with E-state index in [4.69, 9.17) is 4.42 Å². The normalized spacial score (nSPS) is 14.5. The van der Waals surface area contributed by atoms with Crippen LogP contribution in [0.1, 0.15) is 45.1 Å². The second-order valence-corrected chi connectivity index (χ2v) is 10.2. The number of carbonyl (C=O) groups excluding carboxylic acids is 2. The fraction of sp³-hybridized carbons (Fsp3) is 0.280. The second-order valence-electron chi connectivity index (χ2n) is 8.51. The van der Waals surface area contributed by atoms with Crippen molar-refractivity contribution in [3.63, 3.8) is 0 Å². The van der Waals surface area contributed by atoms with E-state index in [1.807, 2.05) is 0 Å². The molecule has 0 spiro atoms. The number of likely N-dealkylation sites (tertiary alicyclic amines) is 1.